The molecule has 0 bridgehead atoms. The number of carbonyl (C=O) groups is 4. The van der Waals surface area contributed by atoms with Gasteiger partial charge in [-0.25, -0.2) is 14.0 Å². The number of morpholine rings is 1. The van der Waals surface area contributed by atoms with Crippen molar-refractivity contribution in [2.45, 2.75) is 44.4 Å². The van der Waals surface area contributed by atoms with E-state index in [0.29, 0.717) is 26.3 Å². The molecule has 11 heteroatoms. The Labute approximate surface area is 196 Å². The first-order valence-electron chi connectivity index (χ1n) is 11.1. The molecule has 2 amide bonds. The van der Waals surface area contributed by atoms with E-state index in [2.05, 4.69) is 10.6 Å². The molecule has 2 aliphatic rings. The molecule has 2 aliphatic heterocycles. The highest BCUT2D eigenvalue weighted by Gasteiger charge is 2.58. The minimum Gasteiger partial charge on any atom is -0.480 e. The van der Waals surface area contributed by atoms with Crippen molar-refractivity contribution in [3.05, 3.63) is 35.6 Å². The van der Waals surface area contributed by atoms with E-state index in [9.17, 15) is 28.7 Å². The minimum absolute atomic E-state index is 0.0881. The Morgan fingerprint density at radius 2 is 1.88 bits per heavy atom. The Kier molecular flexibility index (Phi) is 7.57. The second kappa shape index (κ2) is 10.1. The fourth-order valence-corrected chi connectivity index (χ4v) is 4.22. The van der Waals surface area contributed by atoms with Gasteiger partial charge >= 0.3 is 12.1 Å². The van der Waals surface area contributed by atoms with Crippen LogP contribution in [0.4, 0.5) is 9.18 Å². The number of alkyl carbamates (subject to hydrolysis) is 1. The smallest absolute Gasteiger partial charge is 0.408 e. The Hall–Kier alpha value is -3.05. The number of Topliss-reactive ketones (excluding diaryl/α,β-unsaturated/α-hetero) is 1. The lowest BCUT2D eigenvalue weighted by Gasteiger charge is -2.31. The molecular formula is C23H30FN3O7. The predicted octanol–water partition coefficient (Wildman–Crippen LogP) is 1.25. The van der Waals surface area contributed by atoms with E-state index in [-0.39, 0.29) is 11.5 Å². The third-order valence-corrected chi connectivity index (χ3v) is 5.84. The number of halogens is 1. The average Bonchev–Trinajstić information content (AvgIpc) is 3.19. The van der Waals surface area contributed by atoms with Gasteiger partial charge in [0.15, 0.2) is 11.3 Å². The molecule has 0 radical (unpaired) electrons. The van der Waals surface area contributed by atoms with Gasteiger partial charge < -0.3 is 24.8 Å². The summed E-state index contributed by atoms with van der Waals surface area (Å²) in [6.07, 6.45) is -1.28. The van der Waals surface area contributed by atoms with Gasteiger partial charge in [0.1, 0.15) is 11.4 Å². The summed E-state index contributed by atoms with van der Waals surface area (Å²) in [5, 5.41) is 15.1. The van der Waals surface area contributed by atoms with Crippen molar-refractivity contribution < 1.29 is 38.1 Å². The van der Waals surface area contributed by atoms with Gasteiger partial charge in [0.25, 0.3) is 0 Å². The number of hydrogen-bond donors (Lipinski definition) is 3. The molecule has 2 saturated heterocycles. The minimum atomic E-state index is -2.20. The molecule has 2 heterocycles. The zero-order chi connectivity index (χ0) is 25.1. The maximum Gasteiger partial charge on any atom is 0.408 e. The Balaban J connectivity index is 1.89. The summed E-state index contributed by atoms with van der Waals surface area (Å²) in [5.74, 6) is -4.41. The number of benzene rings is 1. The molecule has 186 valence electrons. The van der Waals surface area contributed by atoms with Crippen molar-refractivity contribution in [2.75, 3.05) is 32.8 Å². The first kappa shape index (κ1) is 25.6. The number of carbonyl (C=O) groups excluding carboxylic acids is 3. The van der Waals surface area contributed by atoms with Crippen LogP contribution in [0.25, 0.3) is 0 Å². The highest BCUT2D eigenvalue weighted by molar-refractivity contribution is 6.10. The van der Waals surface area contributed by atoms with E-state index in [0.717, 1.165) is 0 Å². The van der Waals surface area contributed by atoms with Crippen LogP contribution in [0.3, 0.4) is 0 Å². The van der Waals surface area contributed by atoms with Crippen molar-refractivity contribution in [2.24, 2.45) is 5.92 Å². The number of carboxylic acid groups (broad SMARTS) is 1. The van der Waals surface area contributed by atoms with E-state index in [1.165, 1.54) is 23.1 Å². The van der Waals surface area contributed by atoms with E-state index in [4.69, 9.17) is 9.47 Å². The van der Waals surface area contributed by atoms with E-state index in [1.54, 1.807) is 26.8 Å². The zero-order valence-corrected chi connectivity index (χ0v) is 19.4. The monoisotopic (exact) mass is 479 g/mol. The molecular weight excluding hydrogens is 449 g/mol. The molecule has 10 nitrogen and oxygen atoms in total. The zero-order valence-electron chi connectivity index (χ0n) is 19.4. The third-order valence-electron chi connectivity index (χ3n) is 5.84. The topological polar surface area (TPSA) is 134 Å². The van der Waals surface area contributed by atoms with Gasteiger partial charge in [0, 0.05) is 24.7 Å². The molecule has 3 N–H and O–H groups in total. The molecule has 3 atom stereocenters. The Bertz CT molecular complexity index is 958. The first-order valence-corrected chi connectivity index (χ1v) is 11.1. The van der Waals surface area contributed by atoms with Gasteiger partial charge in [-0.05, 0) is 33.3 Å². The summed E-state index contributed by atoms with van der Waals surface area (Å²) in [6.45, 7) is 5.58. The van der Waals surface area contributed by atoms with Crippen molar-refractivity contribution in [1.29, 1.82) is 0 Å². The number of carboxylic acids is 1. The molecule has 0 saturated carbocycles. The molecule has 2 fully saturated rings. The number of aliphatic carboxylic acids is 1. The maximum absolute atomic E-state index is 14.7. The summed E-state index contributed by atoms with van der Waals surface area (Å²) >= 11 is 0. The van der Waals surface area contributed by atoms with Crippen LogP contribution in [0.2, 0.25) is 0 Å². The predicted molar refractivity (Wildman–Crippen MR) is 117 cm³/mol. The van der Waals surface area contributed by atoms with Crippen LogP contribution in [0.1, 0.15) is 38.8 Å². The van der Waals surface area contributed by atoms with E-state index < -0.39 is 59.7 Å². The highest BCUT2D eigenvalue weighted by Crippen LogP contribution is 2.41. The molecule has 0 spiro atoms. The molecule has 34 heavy (non-hydrogen) atoms. The largest absolute Gasteiger partial charge is 0.480 e. The van der Waals surface area contributed by atoms with Gasteiger partial charge in [-0.2, -0.15) is 0 Å². The van der Waals surface area contributed by atoms with Crippen LogP contribution in [-0.4, -0.2) is 77.7 Å². The summed E-state index contributed by atoms with van der Waals surface area (Å²) in [6, 6.07) is 4.65. The average molecular weight is 480 g/mol. The molecule has 0 aliphatic carbocycles. The van der Waals surface area contributed by atoms with Crippen LogP contribution >= 0.6 is 0 Å². The number of nitrogens with one attached hydrogen (secondary N) is 2. The SMILES string of the molecule is CC(C)(C)OC(=O)NCC(=O)C1(C(=O)O)CC(C(=O)N2CCOCC2)C(c2ccccc2F)N1. The van der Waals surface area contributed by atoms with Crippen LogP contribution in [0.5, 0.6) is 0 Å². The molecule has 1 aromatic rings. The number of ketones is 1. The number of ether oxygens (including phenoxy) is 2. The van der Waals surface area contributed by atoms with Crippen LogP contribution in [0, 0.1) is 11.7 Å². The highest BCUT2D eigenvalue weighted by atomic mass is 19.1. The third kappa shape index (κ3) is 5.53. The van der Waals surface area contributed by atoms with Gasteiger partial charge in [-0.15, -0.1) is 0 Å². The number of rotatable bonds is 6. The van der Waals surface area contributed by atoms with Gasteiger partial charge in [0.05, 0.1) is 25.7 Å². The van der Waals surface area contributed by atoms with Crippen molar-refractivity contribution in [1.82, 2.24) is 15.5 Å². The van der Waals surface area contributed by atoms with Gasteiger partial charge in [0.2, 0.25) is 5.91 Å². The number of nitrogens with zero attached hydrogens (tertiary/aromatic N) is 1. The van der Waals surface area contributed by atoms with E-state index in [1.807, 2.05) is 0 Å². The Morgan fingerprint density at radius 1 is 1.24 bits per heavy atom. The van der Waals surface area contributed by atoms with E-state index >= 15 is 0 Å². The lowest BCUT2D eigenvalue weighted by molar-refractivity contribution is -0.149. The van der Waals surface area contributed by atoms with Crippen LogP contribution in [-0.2, 0) is 23.9 Å². The maximum atomic E-state index is 14.7. The van der Waals surface area contributed by atoms with Gasteiger partial charge in [-0.1, -0.05) is 18.2 Å². The van der Waals surface area contributed by atoms with Crippen LogP contribution < -0.4 is 10.6 Å². The standard InChI is InChI=1S/C23H30FN3O7/c1-22(2,3)34-21(32)25-13-17(28)23(20(30)31)12-15(19(29)27-8-10-33-11-9-27)18(26-23)14-6-4-5-7-16(14)24/h4-7,15,18,26H,8-13H2,1-3H3,(H,25,32)(H,30,31). The quantitative estimate of drug-likeness (QED) is 0.519. The molecule has 1 aromatic carbocycles. The van der Waals surface area contributed by atoms with Gasteiger partial charge in [-0.3, -0.25) is 14.9 Å². The summed E-state index contributed by atoms with van der Waals surface area (Å²) in [4.78, 5) is 52.4. The fourth-order valence-electron chi connectivity index (χ4n) is 4.22. The second-order valence-electron chi connectivity index (χ2n) is 9.38. The summed E-state index contributed by atoms with van der Waals surface area (Å²) < 4.78 is 25.1. The van der Waals surface area contributed by atoms with Crippen molar-refractivity contribution in [3.63, 3.8) is 0 Å². The van der Waals surface area contributed by atoms with Crippen molar-refractivity contribution >= 4 is 23.8 Å². The molecule has 3 rings (SSSR count). The van der Waals surface area contributed by atoms with Crippen LogP contribution in [0.15, 0.2) is 24.3 Å². The Morgan fingerprint density at radius 3 is 2.47 bits per heavy atom. The fraction of sp³-hybridized carbons (Fsp3) is 0.565. The first-order chi connectivity index (χ1) is 15.9. The number of amides is 2. The summed E-state index contributed by atoms with van der Waals surface area (Å²) in [5.41, 5.74) is -2.92. The summed E-state index contributed by atoms with van der Waals surface area (Å²) in [7, 11) is 0. The molecule has 3 unspecified atom stereocenters. The molecule has 0 aromatic heterocycles. The normalized spacial score (nSPS) is 25.0. The number of hydrogen-bond acceptors (Lipinski definition) is 7. The lowest BCUT2D eigenvalue weighted by Crippen LogP contribution is -2.58. The second-order valence-corrected chi connectivity index (χ2v) is 9.38. The van der Waals surface area contributed by atoms with Crippen molar-refractivity contribution in [3.8, 4) is 0 Å². The lowest BCUT2D eigenvalue weighted by atomic mass is 9.85.